The number of carbonyl (C=O) groups excluding carboxylic acids is 1. The zero-order valence-electron chi connectivity index (χ0n) is 13.9. The second-order valence-corrected chi connectivity index (χ2v) is 8.52. The molecule has 0 unspecified atom stereocenters. The molecule has 0 aromatic heterocycles. The molecule has 1 N–H and O–H groups in total. The first-order chi connectivity index (χ1) is 10.9. The summed E-state index contributed by atoms with van der Waals surface area (Å²) < 4.78 is 24.0. The van der Waals surface area contributed by atoms with Gasteiger partial charge >= 0.3 is 0 Å². The van der Waals surface area contributed by atoms with E-state index in [0.29, 0.717) is 5.92 Å². The minimum absolute atomic E-state index is 0.0698. The van der Waals surface area contributed by atoms with Gasteiger partial charge in [-0.2, -0.15) is 4.31 Å². The Morgan fingerprint density at radius 1 is 1.26 bits per heavy atom. The summed E-state index contributed by atoms with van der Waals surface area (Å²) in [6.45, 7) is -0.128. The first kappa shape index (κ1) is 17.9. The third-order valence-electron chi connectivity index (χ3n) is 4.55. The summed E-state index contributed by atoms with van der Waals surface area (Å²) >= 11 is 0. The Balaban J connectivity index is 2.01. The van der Waals surface area contributed by atoms with Crippen LogP contribution in [0.2, 0.25) is 0 Å². The zero-order valence-corrected chi connectivity index (χ0v) is 14.7. The summed E-state index contributed by atoms with van der Waals surface area (Å²) in [6.07, 6.45) is 6.56. The molecule has 2 rings (SSSR count). The highest BCUT2D eigenvalue weighted by molar-refractivity contribution is 7.88. The molecule has 1 aliphatic rings. The van der Waals surface area contributed by atoms with Gasteiger partial charge in [-0.3, -0.25) is 4.79 Å². The van der Waals surface area contributed by atoms with E-state index in [4.69, 9.17) is 0 Å². The molecule has 0 spiro atoms. The van der Waals surface area contributed by atoms with Crippen LogP contribution in [0.3, 0.4) is 0 Å². The van der Waals surface area contributed by atoms with Crippen LogP contribution in [0.15, 0.2) is 30.3 Å². The van der Waals surface area contributed by atoms with Crippen LogP contribution in [0.4, 0.5) is 0 Å². The molecule has 1 aromatic rings. The number of sulfonamides is 1. The normalized spacial score (nSPS) is 17.3. The maximum atomic E-state index is 12.2. The molecule has 1 fully saturated rings. The van der Waals surface area contributed by atoms with Crippen molar-refractivity contribution in [3.8, 4) is 0 Å². The summed E-state index contributed by atoms with van der Waals surface area (Å²) in [5.74, 6) is 0.244. The van der Waals surface area contributed by atoms with E-state index in [0.717, 1.165) is 29.8 Å². The summed E-state index contributed by atoms with van der Waals surface area (Å²) in [5, 5.41) is 3.07. The molecular weight excluding hydrogens is 312 g/mol. The van der Waals surface area contributed by atoms with Gasteiger partial charge < -0.3 is 5.32 Å². The van der Waals surface area contributed by atoms with E-state index in [9.17, 15) is 13.2 Å². The molecular formula is C17H26N2O3S. The second-order valence-electron chi connectivity index (χ2n) is 6.43. The van der Waals surface area contributed by atoms with Crippen molar-refractivity contribution in [2.24, 2.45) is 5.92 Å². The SMILES string of the molecule is CN(CC(=O)N[C@@H](Cc1ccccc1)C1CCCC1)S(C)(=O)=O. The molecule has 23 heavy (non-hydrogen) atoms. The van der Waals surface area contributed by atoms with Crippen molar-refractivity contribution >= 4 is 15.9 Å². The minimum Gasteiger partial charge on any atom is -0.352 e. The summed E-state index contributed by atoms with van der Waals surface area (Å²) in [6, 6.07) is 10.2. The Kier molecular flexibility index (Phi) is 6.18. The molecule has 6 heteroatoms. The van der Waals surface area contributed by atoms with E-state index in [1.807, 2.05) is 18.2 Å². The molecule has 0 bridgehead atoms. The lowest BCUT2D eigenvalue weighted by Crippen LogP contribution is -2.46. The highest BCUT2D eigenvalue weighted by Gasteiger charge is 2.27. The van der Waals surface area contributed by atoms with Crippen LogP contribution in [0.25, 0.3) is 0 Å². The molecule has 1 saturated carbocycles. The molecule has 1 aromatic carbocycles. The van der Waals surface area contributed by atoms with Crippen LogP contribution >= 0.6 is 0 Å². The quantitative estimate of drug-likeness (QED) is 0.824. The van der Waals surface area contributed by atoms with Gasteiger partial charge in [-0.25, -0.2) is 8.42 Å². The third kappa shape index (κ3) is 5.62. The topological polar surface area (TPSA) is 66.5 Å². The maximum Gasteiger partial charge on any atom is 0.235 e. The summed E-state index contributed by atoms with van der Waals surface area (Å²) in [7, 11) is -1.91. The van der Waals surface area contributed by atoms with E-state index in [-0.39, 0.29) is 18.5 Å². The van der Waals surface area contributed by atoms with E-state index in [1.54, 1.807) is 0 Å². The van der Waals surface area contributed by atoms with Gasteiger partial charge in [-0.05, 0) is 30.7 Å². The first-order valence-corrected chi connectivity index (χ1v) is 9.95. The number of nitrogens with one attached hydrogen (secondary N) is 1. The van der Waals surface area contributed by atoms with Crippen LogP contribution < -0.4 is 5.32 Å². The lowest BCUT2D eigenvalue weighted by atomic mass is 9.92. The number of benzene rings is 1. The number of amides is 1. The number of carbonyl (C=O) groups is 1. The number of rotatable bonds is 7. The highest BCUT2D eigenvalue weighted by Crippen LogP contribution is 2.29. The van der Waals surface area contributed by atoms with E-state index in [2.05, 4.69) is 17.4 Å². The summed E-state index contributed by atoms with van der Waals surface area (Å²) in [4.78, 5) is 12.2. The molecule has 128 valence electrons. The van der Waals surface area contributed by atoms with Crippen molar-refractivity contribution in [2.75, 3.05) is 19.8 Å². The van der Waals surface area contributed by atoms with Gasteiger partial charge in [0.2, 0.25) is 15.9 Å². The second kappa shape index (κ2) is 7.93. The van der Waals surface area contributed by atoms with E-state index < -0.39 is 10.0 Å². The average Bonchev–Trinajstić information content (AvgIpc) is 3.00. The third-order valence-corrected chi connectivity index (χ3v) is 5.81. The Hall–Kier alpha value is -1.40. The molecule has 1 amide bonds. The average molecular weight is 338 g/mol. The van der Waals surface area contributed by atoms with Gasteiger partial charge in [-0.1, -0.05) is 43.2 Å². The monoisotopic (exact) mass is 338 g/mol. The molecule has 5 nitrogen and oxygen atoms in total. The van der Waals surface area contributed by atoms with Crippen molar-refractivity contribution in [3.63, 3.8) is 0 Å². The van der Waals surface area contributed by atoms with Gasteiger partial charge in [0.1, 0.15) is 0 Å². The Morgan fingerprint density at radius 3 is 2.43 bits per heavy atom. The van der Waals surface area contributed by atoms with Crippen molar-refractivity contribution in [1.29, 1.82) is 0 Å². The molecule has 1 aliphatic carbocycles. The van der Waals surface area contributed by atoms with Gasteiger partial charge in [-0.15, -0.1) is 0 Å². The van der Waals surface area contributed by atoms with Gasteiger partial charge in [0.15, 0.2) is 0 Å². The Labute approximate surface area is 139 Å². The fourth-order valence-electron chi connectivity index (χ4n) is 3.14. The van der Waals surface area contributed by atoms with Crippen molar-refractivity contribution in [1.82, 2.24) is 9.62 Å². The predicted octanol–water partition coefficient (Wildman–Crippen LogP) is 1.80. The molecule has 0 radical (unpaired) electrons. The number of hydrogen-bond acceptors (Lipinski definition) is 3. The number of hydrogen-bond donors (Lipinski definition) is 1. The molecule has 1 atom stereocenters. The van der Waals surface area contributed by atoms with Crippen LogP contribution in [-0.2, 0) is 21.2 Å². The summed E-state index contributed by atoms with van der Waals surface area (Å²) in [5.41, 5.74) is 1.20. The van der Waals surface area contributed by atoms with Crippen LogP contribution in [0.5, 0.6) is 0 Å². The smallest absolute Gasteiger partial charge is 0.235 e. The molecule has 0 saturated heterocycles. The Bertz CT molecular complexity index is 610. The van der Waals surface area contributed by atoms with Crippen molar-refractivity contribution < 1.29 is 13.2 Å². The number of likely N-dealkylation sites (N-methyl/N-ethyl adjacent to an activating group) is 1. The highest BCUT2D eigenvalue weighted by atomic mass is 32.2. The fourth-order valence-corrected chi connectivity index (χ4v) is 3.49. The lowest BCUT2D eigenvalue weighted by molar-refractivity contribution is -0.122. The van der Waals surface area contributed by atoms with Crippen LogP contribution in [0.1, 0.15) is 31.2 Å². The Morgan fingerprint density at radius 2 is 1.87 bits per heavy atom. The zero-order chi connectivity index (χ0) is 16.9. The van der Waals surface area contributed by atoms with E-state index >= 15 is 0 Å². The van der Waals surface area contributed by atoms with Gasteiger partial charge in [0.05, 0.1) is 12.8 Å². The predicted molar refractivity (Wildman–Crippen MR) is 91.5 cm³/mol. The van der Waals surface area contributed by atoms with Crippen molar-refractivity contribution in [2.45, 2.75) is 38.1 Å². The van der Waals surface area contributed by atoms with Gasteiger partial charge in [0.25, 0.3) is 0 Å². The largest absolute Gasteiger partial charge is 0.352 e. The van der Waals surface area contributed by atoms with Crippen LogP contribution in [-0.4, -0.2) is 44.5 Å². The first-order valence-electron chi connectivity index (χ1n) is 8.11. The molecule has 0 aliphatic heterocycles. The lowest BCUT2D eigenvalue weighted by Gasteiger charge is -2.26. The maximum absolute atomic E-state index is 12.2. The fraction of sp³-hybridized carbons (Fsp3) is 0.588. The van der Waals surface area contributed by atoms with Crippen LogP contribution in [0, 0.1) is 5.92 Å². The van der Waals surface area contributed by atoms with Crippen molar-refractivity contribution in [3.05, 3.63) is 35.9 Å². The van der Waals surface area contributed by atoms with E-state index in [1.165, 1.54) is 25.5 Å². The standard InChI is InChI=1S/C17H26N2O3S/c1-19(23(2,21)22)13-17(20)18-16(15-10-6-7-11-15)12-14-8-4-3-5-9-14/h3-5,8-9,15-16H,6-7,10-13H2,1-2H3,(H,18,20)/t16-/m0/s1. The van der Waals surface area contributed by atoms with Gasteiger partial charge in [0, 0.05) is 13.1 Å². The number of nitrogens with zero attached hydrogens (tertiary/aromatic N) is 1. The molecule has 0 heterocycles. The minimum atomic E-state index is -3.34.